The van der Waals surface area contributed by atoms with Crippen molar-refractivity contribution in [1.29, 1.82) is 0 Å². The molecule has 29 heavy (non-hydrogen) atoms. The maximum atomic E-state index is 12.6. The molecule has 1 amide bonds. The molecule has 3 aromatic rings. The van der Waals surface area contributed by atoms with Gasteiger partial charge in [-0.3, -0.25) is 9.59 Å². The average Bonchev–Trinajstić information content (AvgIpc) is 2.77. The lowest BCUT2D eigenvalue weighted by molar-refractivity contribution is 0.0664. The van der Waals surface area contributed by atoms with Crippen molar-refractivity contribution in [3.63, 3.8) is 0 Å². The van der Waals surface area contributed by atoms with Crippen LogP contribution in [0.3, 0.4) is 0 Å². The zero-order valence-corrected chi connectivity index (χ0v) is 16.4. The van der Waals surface area contributed by atoms with Crippen LogP contribution in [0.1, 0.15) is 26.4 Å². The van der Waals surface area contributed by atoms with Crippen molar-refractivity contribution in [3.8, 4) is 0 Å². The number of pyridine rings is 1. The number of allylic oxidation sites excluding steroid dienone is 1. The highest BCUT2D eigenvalue weighted by Crippen LogP contribution is 2.14. The van der Waals surface area contributed by atoms with Crippen molar-refractivity contribution in [2.24, 2.45) is 0 Å². The van der Waals surface area contributed by atoms with Crippen LogP contribution in [0, 0.1) is 0 Å². The van der Waals surface area contributed by atoms with Crippen LogP contribution in [0.4, 0.5) is 0 Å². The van der Waals surface area contributed by atoms with E-state index in [1.807, 2.05) is 41.3 Å². The molecule has 5 nitrogen and oxygen atoms in total. The first-order chi connectivity index (χ1) is 14.1. The van der Waals surface area contributed by atoms with E-state index >= 15 is 0 Å². The largest absolute Gasteiger partial charge is 0.336 e. The van der Waals surface area contributed by atoms with E-state index in [4.69, 9.17) is 0 Å². The van der Waals surface area contributed by atoms with Gasteiger partial charge >= 0.3 is 0 Å². The Bertz CT molecular complexity index is 1060. The Hall–Kier alpha value is -3.31. The summed E-state index contributed by atoms with van der Waals surface area (Å²) in [6, 6.07) is 18.6. The molecule has 1 saturated heterocycles. The van der Waals surface area contributed by atoms with Crippen molar-refractivity contribution in [1.82, 2.24) is 14.8 Å². The first-order valence-electron chi connectivity index (χ1n) is 9.76. The third-order valence-electron chi connectivity index (χ3n) is 5.23. The molecule has 1 fully saturated rings. The molecule has 146 valence electrons. The third-order valence-corrected chi connectivity index (χ3v) is 5.23. The lowest BCUT2D eigenvalue weighted by Gasteiger charge is -2.32. The smallest absolute Gasteiger partial charge is 0.253 e. The molecule has 1 aromatic heterocycles. The van der Waals surface area contributed by atoms with Crippen molar-refractivity contribution < 1.29 is 9.59 Å². The highest BCUT2D eigenvalue weighted by Gasteiger charge is 2.20. The number of nitrogens with zero attached hydrogens (tertiary/aromatic N) is 3. The fraction of sp³-hybridized carbons (Fsp3) is 0.208. The molecule has 0 saturated carbocycles. The van der Waals surface area contributed by atoms with Gasteiger partial charge in [-0.05, 0) is 43.5 Å². The second kappa shape index (κ2) is 8.37. The maximum Gasteiger partial charge on any atom is 0.253 e. The van der Waals surface area contributed by atoms with E-state index in [1.54, 1.807) is 30.3 Å². The normalized spacial score (nSPS) is 15.1. The van der Waals surface area contributed by atoms with Crippen LogP contribution in [0.2, 0.25) is 0 Å². The van der Waals surface area contributed by atoms with Gasteiger partial charge < -0.3 is 9.80 Å². The summed E-state index contributed by atoms with van der Waals surface area (Å²) in [5.74, 6) is -0.0911. The van der Waals surface area contributed by atoms with Crippen molar-refractivity contribution in [2.75, 3.05) is 33.2 Å². The zero-order chi connectivity index (χ0) is 20.2. The van der Waals surface area contributed by atoms with Gasteiger partial charge in [0.05, 0.1) is 11.2 Å². The minimum Gasteiger partial charge on any atom is -0.336 e. The van der Waals surface area contributed by atoms with Gasteiger partial charge in [-0.2, -0.15) is 0 Å². The standard InChI is InChI=1S/C24H23N3O2/c1-26-14-16-27(17-15-26)24(29)20-8-6-19(7-9-20)23(28)13-12-21-11-10-18-4-2-3-5-22(18)25-21/h2-13H,14-17H2,1H3/b13-12+. The van der Waals surface area contributed by atoms with Crippen LogP contribution in [0.15, 0.2) is 66.7 Å². The molecule has 0 unspecified atom stereocenters. The Morgan fingerprint density at radius 3 is 2.31 bits per heavy atom. The lowest BCUT2D eigenvalue weighted by Crippen LogP contribution is -2.47. The van der Waals surface area contributed by atoms with E-state index in [1.165, 1.54) is 6.08 Å². The molecule has 0 atom stereocenters. The Morgan fingerprint density at radius 1 is 0.862 bits per heavy atom. The Labute approximate surface area is 170 Å². The molecule has 1 aliphatic heterocycles. The number of piperazine rings is 1. The van der Waals surface area contributed by atoms with Gasteiger partial charge in [0.2, 0.25) is 0 Å². The number of para-hydroxylation sites is 1. The number of hydrogen-bond acceptors (Lipinski definition) is 4. The number of likely N-dealkylation sites (N-methyl/N-ethyl adjacent to an activating group) is 1. The predicted molar refractivity (Wildman–Crippen MR) is 115 cm³/mol. The molecule has 0 bridgehead atoms. The van der Waals surface area contributed by atoms with Crippen molar-refractivity contribution in [2.45, 2.75) is 0 Å². The molecule has 2 aromatic carbocycles. The molecule has 0 radical (unpaired) electrons. The summed E-state index contributed by atoms with van der Waals surface area (Å²) < 4.78 is 0. The number of carbonyl (C=O) groups excluding carboxylic acids is 2. The molecule has 0 N–H and O–H groups in total. The third kappa shape index (κ3) is 4.41. The first kappa shape index (κ1) is 19.0. The predicted octanol–water partition coefficient (Wildman–Crippen LogP) is 3.52. The molecule has 4 rings (SSSR count). The first-order valence-corrected chi connectivity index (χ1v) is 9.76. The summed E-state index contributed by atoms with van der Waals surface area (Å²) in [6.07, 6.45) is 3.24. The van der Waals surface area contributed by atoms with Crippen LogP contribution < -0.4 is 0 Å². The number of hydrogen-bond donors (Lipinski definition) is 0. The maximum absolute atomic E-state index is 12.6. The number of benzene rings is 2. The second-order valence-corrected chi connectivity index (χ2v) is 7.30. The minimum atomic E-state index is -0.112. The monoisotopic (exact) mass is 385 g/mol. The van der Waals surface area contributed by atoms with E-state index in [-0.39, 0.29) is 11.7 Å². The molecule has 2 heterocycles. The minimum absolute atomic E-state index is 0.0213. The van der Waals surface area contributed by atoms with Crippen molar-refractivity contribution >= 4 is 28.7 Å². The summed E-state index contributed by atoms with van der Waals surface area (Å²) >= 11 is 0. The number of rotatable bonds is 4. The van der Waals surface area contributed by atoms with Crippen LogP contribution in [0.5, 0.6) is 0 Å². The molecule has 1 aliphatic rings. The fourth-order valence-corrected chi connectivity index (χ4v) is 3.40. The second-order valence-electron chi connectivity index (χ2n) is 7.30. The lowest BCUT2D eigenvalue weighted by atomic mass is 10.1. The highest BCUT2D eigenvalue weighted by molar-refractivity contribution is 6.07. The summed E-state index contributed by atoms with van der Waals surface area (Å²) in [6.45, 7) is 3.24. The van der Waals surface area contributed by atoms with Crippen molar-refractivity contribution in [3.05, 3.63) is 83.6 Å². The molecule has 5 heteroatoms. The van der Waals surface area contributed by atoms with Gasteiger partial charge in [0.15, 0.2) is 5.78 Å². The molecular weight excluding hydrogens is 362 g/mol. The van der Waals surface area contributed by atoms with Gasteiger partial charge in [0.25, 0.3) is 5.91 Å². The van der Waals surface area contributed by atoms with Gasteiger partial charge in [-0.15, -0.1) is 0 Å². The highest BCUT2D eigenvalue weighted by atomic mass is 16.2. The van der Waals surface area contributed by atoms with Crippen LogP contribution in [-0.4, -0.2) is 59.7 Å². The SMILES string of the molecule is CN1CCN(C(=O)c2ccc(C(=O)/C=C/c3ccc4ccccc4n3)cc2)CC1. The Kier molecular flexibility index (Phi) is 5.49. The summed E-state index contributed by atoms with van der Waals surface area (Å²) in [5, 5.41) is 1.07. The van der Waals surface area contributed by atoms with Crippen LogP contribution in [0.25, 0.3) is 17.0 Å². The van der Waals surface area contributed by atoms with Gasteiger partial charge in [-0.1, -0.05) is 36.4 Å². The van der Waals surface area contributed by atoms with Crippen LogP contribution in [-0.2, 0) is 0 Å². The zero-order valence-electron chi connectivity index (χ0n) is 16.4. The number of carbonyl (C=O) groups is 2. The quantitative estimate of drug-likeness (QED) is 0.509. The average molecular weight is 385 g/mol. The number of aromatic nitrogens is 1. The van der Waals surface area contributed by atoms with E-state index in [9.17, 15) is 9.59 Å². The van der Waals surface area contributed by atoms with Gasteiger partial charge in [0, 0.05) is 42.7 Å². The van der Waals surface area contributed by atoms with Crippen LogP contribution >= 0.6 is 0 Å². The number of amides is 1. The van der Waals surface area contributed by atoms with E-state index in [2.05, 4.69) is 16.9 Å². The van der Waals surface area contributed by atoms with E-state index < -0.39 is 0 Å². The fourth-order valence-electron chi connectivity index (χ4n) is 3.40. The summed E-state index contributed by atoms with van der Waals surface area (Å²) in [7, 11) is 2.06. The summed E-state index contributed by atoms with van der Waals surface area (Å²) in [4.78, 5) is 33.7. The Balaban J connectivity index is 1.43. The number of ketones is 1. The van der Waals surface area contributed by atoms with Gasteiger partial charge in [-0.25, -0.2) is 4.98 Å². The molecule has 0 spiro atoms. The Morgan fingerprint density at radius 2 is 1.55 bits per heavy atom. The number of fused-ring (bicyclic) bond motifs is 1. The van der Waals surface area contributed by atoms with E-state index in [0.29, 0.717) is 11.1 Å². The molecule has 0 aliphatic carbocycles. The van der Waals surface area contributed by atoms with E-state index in [0.717, 1.165) is 42.8 Å². The van der Waals surface area contributed by atoms with Gasteiger partial charge in [0.1, 0.15) is 0 Å². The summed E-state index contributed by atoms with van der Waals surface area (Å²) in [5.41, 5.74) is 2.80. The molecular formula is C24H23N3O2. The topological polar surface area (TPSA) is 53.5 Å².